The van der Waals surface area contributed by atoms with Crippen LogP contribution in [0.2, 0.25) is 5.02 Å². The van der Waals surface area contributed by atoms with Crippen LogP contribution in [0.4, 0.5) is 0 Å². The van der Waals surface area contributed by atoms with Gasteiger partial charge in [0.2, 0.25) is 0 Å². The zero-order chi connectivity index (χ0) is 10.8. The lowest BCUT2D eigenvalue weighted by Gasteiger charge is -2.12. The molecule has 0 aliphatic heterocycles. The van der Waals surface area contributed by atoms with Gasteiger partial charge in [0.1, 0.15) is 11.5 Å². The molecule has 0 unspecified atom stereocenters. The van der Waals surface area contributed by atoms with Gasteiger partial charge in [-0.2, -0.15) is 0 Å². The fourth-order valence-corrected chi connectivity index (χ4v) is 1.50. The Hall–Kier alpha value is -0.890. The van der Waals surface area contributed by atoms with Crippen molar-refractivity contribution < 1.29 is 9.47 Å². The highest BCUT2D eigenvalue weighted by Gasteiger charge is 2.23. The van der Waals surface area contributed by atoms with Gasteiger partial charge in [-0.3, -0.25) is 0 Å². The largest absolute Gasteiger partial charge is 0.490 e. The average molecular weight is 227 g/mol. The van der Waals surface area contributed by atoms with Gasteiger partial charge in [-0.1, -0.05) is 11.6 Å². The molecule has 0 N–H and O–H groups in total. The molecular weight excluding hydrogens is 212 g/mol. The second kappa shape index (κ2) is 4.31. The Bertz CT molecular complexity index is 345. The second-order valence-corrected chi connectivity index (χ2v) is 4.48. The number of hydrogen-bond donors (Lipinski definition) is 0. The van der Waals surface area contributed by atoms with Crippen molar-refractivity contribution in [2.24, 2.45) is 0 Å². The zero-order valence-electron chi connectivity index (χ0n) is 9.00. The molecule has 2 rings (SSSR count). The molecule has 1 aliphatic carbocycles. The minimum absolute atomic E-state index is 0.137. The van der Waals surface area contributed by atoms with Gasteiger partial charge in [-0.15, -0.1) is 0 Å². The van der Waals surface area contributed by atoms with E-state index in [4.69, 9.17) is 21.1 Å². The van der Waals surface area contributed by atoms with Crippen molar-refractivity contribution in [2.75, 3.05) is 0 Å². The van der Waals surface area contributed by atoms with Gasteiger partial charge in [-0.05, 0) is 38.8 Å². The van der Waals surface area contributed by atoms with Crippen LogP contribution in [0.15, 0.2) is 18.2 Å². The quantitative estimate of drug-likeness (QED) is 0.780. The average Bonchev–Trinajstić information content (AvgIpc) is 2.93. The summed E-state index contributed by atoms with van der Waals surface area (Å²) < 4.78 is 11.2. The van der Waals surface area contributed by atoms with Crippen LogP contribution in [-0.2, 0) is 0 Å². The van der Waals surface area contributed by atoms with Crippen molar-refractivity contribution in [3.05, 3.63) is 23.2 Å². The van der Waals surface area contributed by atoms with Crippen molar-refractivity contribution in [3.8, 4) is 11.5 Å². The van der Waals surface area contributed by atoms with Crippen LogP contribution in [0.1, 0.15) is 26.7 Å². The van der Waals surface area contributed by atoms with E-state index in [2.05, 4.69) is 0 Å². The van der Waals surface area contributed by atoms with Gasteiger partial charge in [0.15, 0.2) is 0 Å². The van der Waals surface area contributed by atoms with E-state index in [0.717, 1.165) is 24.3 Å². The molecule has 0 amide bonds. The molecule has 0 atom stereocenters. The zero-order valence-corrected chi connectivity index (χ0v) is 9.75. The monoisotopic (exact) mass is 226 g/mol. The number of ether oxygens (including phenoxy) is 2. The molecule has 1 aliphatic rings. The Kier molecular flexibility index (Phi) is 3.06. The number of hydrogen-bond acceptors (Lipinski definition) is 2. The third-order valence-corrected chi connectivity index (χ3v) is 2.39. The van der Waals surface area contributed by atoms with Gasteiger partial charge in [0, 0.05) is 6.07 Å². The molecule has 3 heteroatoms. The molecule has 1 aromatic rings. The Morgan fingerprint density at radius 1 is 1.33 bits per heavy atom. The lowest BCUT2D eigenvalue weighted by atomic mass is 10.3. The summed E-state index contributed by atoms with van der Waals surface area (Å²) in [5, 5.41) is 0.613. The first-order valence-corrected chi connectivity index (χ1v) is 5.66. The van der Waals surface area contributed by atoms with Crippen LogP contribution >= 0.6 is 11.6 Å². The van der Waals surface area contributed by atoms with E-state index in [1.165, 1.54) is 0 Å². The van der Waals surface area contributed by atoms with E-state index in [1.54, 1.807) is 0 Å². The van der Waals surface area contributed by atoms with Gasteiger partial charge in [0.05, 0.1) is 17.2 Å². The maximum absolute atomic E-state index is 6.07. The SMILES string of the molecule is CC(C)Oc1ccc(OC2CC2)cc1Cl. The summed E-state index contributed by atoms with van der Waals surface area (Å²) in [5.41, 5.74) is 0. The van der Waals surface area contributed by atoms with Crippen molar-refractivity contribution >= 4 is 11.6 Å². The summed E-state index contributed by atoms with van der Waals surface area (Å²) >= 11 is 6.07. The molecule has 0 aromatic heterocycles. The highest BCUT2D eigenvalue weighted by Crippen LogP contribution is 2.33. The van der Waals surface area contributed by atoms with E-state index in [1.807, 2.05) is 32.0 Å². The molecule has 0 bridgehead atoms. The van der Waals surface area contributed by atoms with E-state index >= 15 is 0 Å². The van der Waals surface area contributed by atoms with Crippen LogP contribution in [0.3, 0.4) is 0 Å². The first-order chi connectivity index (χ1) is 7.15. The molecule has 0 saturated heterocycles. The second-order valence-electron chi connectivity index (χ2n) is 4.08. The van der Waals surface area contributed by atoms with Crippen LogP contribution in [0.5, 0.6) is 11.5 Å². The van der Waals surface area contributed by atoms with E-state index in [-0.39, 0.29) is 6.10 Å². The molecule has 0 heterocycles. The molecule has 1 aromatic carbocycles. The maximum Gasteiger partial charge on any atom is 0.138 e. The summed E-state index contributed by atoms with van der Waals surface area (Å²) in [6, 6.07) is 5.58. The van der Waals surface area contributed by atoms with Gasteiger partial charge >= 0.3 is 0 Å². The van der Waals surface area contributed by atoms with Crippen LogP contribution in [-0.4, -0.2) is 12.2 Å². The topological polar surface area (TPSA) is 18.5 Å². The minimum atomic E-state index is 0.137. The Morgan fingerprint density at radius 3 is 2.60 bits per heavy atom. The fraction of sp³-hybridized carbons (Fsp3) is 0.500. The van der Waals surface area contributed by atoms with E-state index < -0.39 is 0 Å². The normalized spacial score (nSPS) is 15.5. The number of benzene rings is 1. The lowest BCUT2D eigenvalue weighted by molar-refractivity contribution is 0.241. The molecule has 82 valence electrons. The highest BCUT2D eigenvalue weighted by molar-refractivity contribution is 6.32. The molecule has 1 fully saturated rings. The van der Waals surface area contributed by atoms with E-state index in [9.17, 15) is 0 Å². The van der Waals surface area contributed by atoms with Gasteiger partial charge < -0.3 is 9.47 Å². The third-order valence-electron chi connectivity index (χ3n) is 2.09. The van der Waals surface area contributed by atoms with Crippen molar-refractivity contribution in [1.29, 1.82) is 0 Å². The highest BCUT2D eigenvalue weighted by atomic mass is 35.5. The van der Waals surface area contributed by atoms with Gasteiger partial charge in [0.25, 0.3) is 0 Å². The molecule has 0 spiro atoms. The summed E-state index contributed by atoms with van der Waals surface area (Å²) in [5.74, 6) is 1.55. The minimum Gasteiger partial charge on any atom is -0.490 e. The van der Waals surface area contributed by atoms with Crippen molar-refractivity contribution in [3.63, 3.8) is 0 Å². The molecular formula is C12H15ClO2. The molecule has 2 nitrogen and oxygen atoms in total. The number of rotatable bonds is 4. The van der Waals surface area contributed by atoms with Crippen molar-refractivity contribution in [1.82, 2.24) is 0 Å². The Labute approximate surface area is 95.1 Å². The summed E-state index contributed by atoms with van der Waals surface area (Å²) in [7, 11) is 0. The Morgan fingerprint density at radius 2 is 2.07 bits per heavy atom. The fourth-order valence-electron chi connectivity index (χ4n) is 1.28. The summed E-state index contributed by atoms with van der Waals surface area (Å²) in [4.78, 5) is 0. The lowest BCUT2D eigenvalue weighted by Crippen LogP contribution is -2.06. The number of halogens is 1. The first-order valence-electron chi connectivity index (χ1n) is 5.28. The Balaban J connectivity index is 2.07. The van der Waals surface area contributed by atoms with Crippen LogP contribution in [0.25, 0.3) is 0 Å². The predicted octanol–water partition coefficient (Wildman–Crippen LogP) is 3.67. The summed E-state index contributed by atoms with van der Waals surface area (Å²) in [6.07, 6.45) is 2.85. The maximum atomic E-state index is 6.07. The van der Waals surface area contributed by atoms with Gasteiger partial charge in [-0.25, -0.2) is 0 Å². The van der Waals surface area contributed by atoms with Crippen molar-refractivity contribution in [2.45, 2.75) is 38.9 Å². The third kappa shape index (κ3) is 3.03. The standard InChI is InChI=1S/C12H15ClO2/c1-8(2)14-12-6-5-10(7-11(12)13)15-9-3-4-9/h5-9H,3-4H2,1-2H3. The smallest absolute Gasteiger partial charge is 0.138 e. The summed E-state index contributed by atoms with van der Waals surface area (Å²) in [6.45, 7) is 3.95. The van der Waals surface area contributed by atoms with Crippen LogP contribution < -0.4 is 9.47 Å². The molecule has 1 saturated carbocycles. The first kappa shape index (κ1) is 10.6. The van der Waals surface area contributed by atoms with Crippen LogP contribution in [0, 0.1) is 0 Å². The predicted molar refractivity (Wildman–Crippen MR) is 60.9 cm³/mol. The van der Waals surface area contributed by atoms with E-state index in [0.29, 0.717) is 11.1 Å². The molecule has 0 radical (unpaired) electrons. The molecule has 15 heavy (non-hydrogen) atoms.